The van der Waals surface area contributed by atoms with E-state index in [0.717, 1.165) is 17.9 Å². The molecule has 16 heavy (non-hydrogen) atoms. The fourth-order valence-electron chi connectivity index (χ4n) is 1.37. The van der Waals surface area contributed by atoms with E-state index in [1.165, 1.54) is 17.8 Å². The Bertz CT molecular complexity index is 445. The summed E-state index contributed by atoms with van der Waals surface area (Å²) in [6.07, 6.45) is 2.64. The first-order chi connectivity index (χ1) is 7.86. The van der Waals surface area contributed by atoms with Crippen LogP contribution in [0.2, 0.25) is 0 Å². The molecule has 3 heteroatoms. The Hall–Kier alpha value is -1.35. The van der Waals surface area contributed by atoms with Crippen molar-refractivity contribution in [3.8, 4) is 0 Å². The number of aryl methyl sites for hydroxylation is 1. The number of benzene rings is 1. The molecule has 2 aromatic rings. The molecule has 0 spiro atoms. The van der Waals surface area contributed by atoms with Gasteiger partial charge in [0.05, 0.1) is 0 Å². The topological polar surface area (TPSA) is 12.9 Å². The minimum absolute atomic E-state index is 0.145. The third kappa shape index (κ3) is 3.07. The molecular formula is C13H12FNS. The Morgan fingerprint density at radius 1 is 1.06 bits per heavy atom. The fourth-order valence-corrected chi connectivity index (χ4v) is 2.29. The summed E-state index contributed by atoms with van der Waals surface area (Å²) in [4.78, 5) is 4.93. The molecule has 0 aliphatic heterocycles. The summed E-state index contributed by atoms with van der Waals surface area (Å²) in [7, 11) is 0. The van der Waals surface area contributed by atoms with E-state index in [1.54, 1.807) is 18.3 Å². The van der Waals surface area contributed by atoms with Crippen LogP contribution in [0.1, 0.15) is 5.69 Å². The van der Waals surface area contributed by atoms with Gasteiger partial charge in [-0.2, -0.15) is 0 Å². The van der Waals surface area contributed by atoms with E-state index < -0.39 is 0 Å². The Labute approximate surface area is 98.7 Å². The molecule has 0 aliphatic rings. The first-order valence-corrected chi connectivity index (χ1v) is 6.12. The molecule has 1 heterocycles. The van der Waals surface area contributed by atoms with Gasteiger partial charge in [0.15, 0.2) is 0 Å². The smallest absolute Gasteiger partial charge is 0.136 e. The van der Waals surface area contributed by atoms with Gasteiger partial charge in [-0.3, -0.25) is 4.98 Å². The lowest BCUT2D eigenvalue weighted by Gasteiger charge is -2.02. The van der Waals surface area contributed by atoms with Crippen molar-refractivity contribution in [2.45, 2.75) is 11.3 Å². The Morgan fingerprint density at radius 2 is 1.88 bits per heavy atom. The molecule has 1 nitrogen and oxygen atoms in total. The molecule has 1 aromatic carbocycles. The fraction of sp³-hybridized carbons (Fsp3) is 0.154. The standard InChI is InChI=1S/C13H12FNS/c14-12-6-1-2-7-13(12)16-10-8-11-5-3-4-9-15-11/h1-7,9H,8,10H2. The van der Waals surface area contributed by atoms with Crippen LogP contribution in [0, 0.1) is 5.82 Å². The highest BCUT2D eigenvalue weighted by Gasteiger charge is 2.01. The van der Waals surface area contributed by atoms with Gasteiger partial charge in [-0.05, 0) is 30.7 Å². The molecular weight excluding hydrogens is 221 g/mol. The van der Waals surface area contributed by atoms with Gasteiger partial charge in [0.2, 0.25) is 0 Å². The summed E-state index contributed by atoms with van der Waals surface area (Å²) in [6.45, 7) is 0. The molecule has 0 atom stereocenters. The number of pyridine rings is 1. The van der Waals surface area contributed by atoms with Gasteiger partial charge >= 0.3 is 0 Å². The second kappa shape index (κ2) is 5.66. The lowest BCUT2D eigenvalue weighted by Crippen LogP contribution is -1.92. The van der Waals surface area contributed by atoms with Crippen molar-refractivity contribution in [2.75, 3.05) is 5.75 Å². The molecule has 1 aromatic heterocycles. The third-order valence-electron chi connectivity index (χ3n) is 2.18. The van der Waals surface area contributed by atoms with Gasteiger partial charge in [0.1, 0.15) is 5.82 Å². The quantitative estimate of drug-likeness (QED) is 0.749. The summed E-state index contributed by atoms with van der Waals surface area (Å²) in [5, 5.41) is 0. The molecule has 0 aliphatic carbocycles. The van der Waals surface area contributed by atoms with E-state index >= 15 is 0 Å². The van der Waals surface area contributed by atoms with Crippen LogP contribution in [-0.4, -0.2) is 10.7 Å². The average molecular weight is 233 g/mol. The minimum atomic E-state index is -0.145. The Balaban J connectivity index is 1.87. The van der Waals surface area contributed by atoms with E-state index in [0.29, 0.717) is 4.90 Å². The van der Waals surface area contributed by atoms with E-state index in [1.807, 2.05) is 24.3 Å². The van der Waals surface area contributed by atoms with Crippen molar-refractivity contribution < 1.29 is 4.39 Å². The lowest BCUT2D eigenvalue weighted by molar-refractivity contribution is 0.602. The summed E-state index contributed by atoms with van der Waals surface area (Å²) < 4.78 is 13.3. The van der Waals surface area contributed by atoms with Crippen LogP contribution < -0.4 is 0 Å². The second-order valence-electron chi connectivity index (χ2n) is 3.35. The molecule has 2 rings (SSSR count). The maximum atomic E-state index is 13.3. The van der Waals surface area contributed by atoms with Gasteiger partial charge in [-0.1, -0.05) is 18.2 Å². The number of hydrogen-bond donors (Lipinski definition) is 0. The van der Waals surface area contributed by atoms with Gasteiger partial charge in [0.25, 0.3) is 0 Å². The molecule has 0 saturated carbocycles. The lowest BCUT2D eigenvalue weighted by atomic mass is 10.3. The van der Waals surface area contributed by atoms with E-state index in [9.17, 15) is 4.39 Å². The number of aromatic nitrogens is 1. The van der Waals surface area contributed by atoms with Crippen molar-refractivity contribution >= 4 is 11.8 Å². The van der Waals surface area contributed by atoms with Crippen LogP contribution >= 0.6 is 11.8 Å². The first kappa shape index (κ1) is 11.1. The molecule has 0 unspecified atom stereocenters. The maximum absolute atomic E-state index is 13.3. The van der Waals surface area contributed by atoms with Crippen LogP contribution in [0.15, 0.2) is 53.6 Å². The van der Waals surface area contributed by atoms with Crippen LogP contribution in [-0.2, 0) is 6.42 Å². The minimum Gasteiger partial charge on any atom is -0.261 e. The third-order valence-corrected chi connectivity index (χ3v) is 3.23. The SMILES string of the molecule is Fc1ccccc1SCCc1ccccn1. The van der Waals surface area contributed by atoms with Crippen LogP contribution in [0.25, 0.3) is 0 Å². The van der Waals surface area contributed by atoms with Crippen LogP contribution in [0.5, 0.6) is 0 Å². The number of halogens is 1. The zero-order valence-electron chi connectivity index (χ0n) is 8.77. The molecule has 0 bridgehead atoms. The Morgan fingerprint density at radius 3 is 2.62 bits per heavy atom. The highest BCUT2D eigenvalue weighted by atomic mass is 32.2. The second-order valence-corrected chi connectivity index (χ2v) is 4.49. The molecule has 0 saturated heterocycles. The molecule has 0 N–H and O–H groups in total. The predicted molar refractivity (Wildman–Crippen MR) is 65.1 cm³/mol. The van der Waals surface area contributed by atoms with Crippen LogP contribution in [0.3, 0.4) is 0 Å². The highest BCUT2D eigenvalue weighted by molar-refractivity contribution is 7.99. The number of thioether (sulfide) groups is 1. The van der Waals surface area contributed by atoms with Crippen LogP contribution in [0.4, 0.5) is 4.39 Å². The van der Waals surface area contributed by atoms with Crippen molar-refractivity contribution in [1.82, 2.24) is 4.98 Å². The zero-order chi connectivity index (χ0) is 11.2. The highest BCUT2D eigenvalue weighted by Crippen LogP contribution is 2.21. The summed E-state index contributed by atoms with van der Waals surface area (Å²) in [5.74, 6) is 0.700. The maximum Gasteiger partial charge on any atom is 0.136 e. The van der Waals surface area contributed by atoms with E-state index in [-0.39, 0.29) is 5.82 Å². The van der Waals surface area contributed by atoms with E-state index in [4.69, 9.17) is 0 Å². The van der Waals surface area contributed by atoms with Crippen molar-refractivity contribution in [3.63, 3.8) is 0 Å². The average Bonchev–Trinajstić information content (AvgIpc) is 2.33. The molecule has 0 amide bonds. The van der Waals surface area contributed by atoms with Gasteiger partial charge in [0, 0.05) is 22.5 Å². The van der Waals surface area contributed by atoms with Gasteiger partial charge in [-0.15, -0.1) is 11.8 Å². The predicted octanol–water partition coefficient (Wildman–Crippen LogP) is 3.56. The summed E-state index contributed by atoms with van der Waals surface area (Å²) >= 11 is 1.53. The van der Waals surface area contributed by atoms with Crippen molar-refractivity contribution in [2.24, 2.45) is 0 Å². The van der Waals surface area contributed by atoms with E-state index in [2.05, 4.69) is 4.98 Å². The normalized spacial score (nSPS) is 10.3. The molecule has 0 fully saturated rings. The summed E-state index contributed by atoms with van der Waals surface area (Å²) in [5.41, 5.74) is 1.05. The van der Waals surface area contributed by atoms with Gasteiger partial charge < -0.3 is 0 Å². The van der Waals surface area contributed by atoms with Crippen molar-refractivity contribution in [1.29, 1.82) is 0 Å². The first-order valence-electron chi connectivity index (χ1n) is 5.13. The number of hydrogen-bond acceptors (Lipinski definition) is 2. The number of rotatable bonds is 4. The Kier molecular flexibility index (Phi) is 3.94. The summed E-state index contributed by atoms with van der Waals surface area (Å²) in [6, 6.07) is 12.7. The molecule has 0 radical (unpaired) electrons. The molecule has 82 valence electrons. The number of nitrogens with zero attached hydrogens (tertiary/aromatic N) is 1. The zero-order valence-corrected chi connectivity index (χ0v) is 9.58. The van der Waals surface area contributed by atoms with Crippen molar-refractivity contribution in [3.05, 3.63) is 60.2 Å². The van der Waals surface area contributed by atoms with Gasteiger partial charge in [-0.25, -0.2) is 4.39 Å². The largest absolute Gasteiger partial charge is 0.261 e. The monoisotopic (exact) mass is 233 g/mol.